The van der Waals surface area contributed by atoms with Gasteiger partial charge in [-0.15, -0.1) is 0 Å². The first-order chi connectivity index (χ1) is 13.4. The monoisotopic (exact) mass is 392 g/mol. The molecule has 28 heavy (non-hydrogen) atoms. The standard InChI is InChI=1S/C17H22F2N8O/c1-20-14(24-12-6-17(18,19)7-12)26-15(21-2)27-16-22-8-11(5-10-3-4-10)13(25-16)23-9-28/h8-10,12H,1,3-7H2,2H3,(H3,21,22,23,24,25,26,27,28). The number of carbonyl (C=O) groups excluding carboxylic acids is 1. The van der Waals surface area contributed by atoms with Crippen LogP contribution in [0.25, 0.3) is 0 Å². The first kappa shape index (κ1) is 19.8. The third-order valence-electron chi connectivity index (χ3n) is 4.47. The molecule has 9 nitrogen and oxygen atoms in total. The molecule has 2 saturated carbocycles. The normalized spacial score (nSPS) is 19.5. The van der Waals surface area contributed by atoms with Crippen molar-refractivity contribution in [2.75, 3.05) is 17.7 Å². The van der Waals surface area contributed by atoms with Crippen molar-refractivity contribution in [1.82, 2.24) is 15.3 Å². The molecule has 0 atom stereocenters. The van der Waals surface area contributed by atoms with Gasteiger partial charge in [0.2, 0.25) is 24.3 Å². The zero-order valence-electron chi connectivity index (χ0n) is 15.5. The lowest BCUT2D eigenvalue weighted by atomic mass is 9.89. The van der Waals surface area contributed by atoms with Crippen molar-refractivity contribution in [1.29, 1.82) is 0 Å². The molecule has 3 rings (SSSR count). The van der Waals surface area contributed by atoms with Crippen molar-refractivity contribution in [3.05, 3.63) is 11.8 Å². The molecular weight excluding hydrogens is 370 g/mol. The highest BCUT2D eigenvalue weighted by atomic mass is 19.3. The molecule has 3 N–H and O–H groups in total. The van der Waals surface area contributed by atoms with E-state index >= 15 is 0 Å². The molecule has 0 aliphatic heterocycles. The lowest BCUT2D eigenvalue weighted by Crippen LogP contribution is -2.41. The predicted octanol–water partition coefficient (Wildman–Crippen LogP) is 1.84. The first-order valence-electron chi connectivity index (χ1n) is 8.91. The van der Waals surface area contributed by atoms with Crippen LogP contribution in [0.5, 0.6) is 0 Å². The van der Waals surface area contributed by atoms with Gasteiger partial charge in [0.25, 0.3) is 5.92 Å². The van der Waals surface area contributed by atoms with E-state index in [1.54, 1.807) is 6.20 Å². The van der Waals surface area contributed by atoms with Crippen LogP contribution in [-0.2, 0) is 11.2 Å². The summed E-state index contributed by atoms with van der Waals surface area (Å²) in [4.78, 5) is 31.2. The van der Waals surface area contributed by atoms with Crippen LogP contribution < -0.4 is 16.0 Å². The Morgan fingerprint density at radius 3 is 2.75 bits per heavy atom. The highest BCUT2D eigenvalue weighted by Crippen LogP contribution is 2.39. The molecule has 0 unspecified atom stereocenters. The lowest BCUT2D eigenvalue weighted by Gasteiger charge is -2.32. The number of nitrogens with one attached hydrogen (secondary N) is 3. The Bertz CT molecular complexity index is 798. The first-order valence-corrected chi connectivity index (χ1v) is 8.91. The number of carbonyl (C=O) groups is 1. The summed E-state index contributed by atoms with van der Waals surface area (Å²) >= 11 is 0. The highest BCUT2D eigenvalue weighted by molar-refractivity contribution is 6.05. The average molecular weight is 392 g/mol. The van der Waals surface area contributed by atoms with Gasteiger partial charge < -0.3 is 5.32 Å². The quantitative estimate of drug-likeness (QED) is 0.388. The van der Waals surface area contributed by atoms with Crippen LogP contribution in [0.3, 0.4) is 0 Å². The van der Waals surface area contributed by atoms with E-state index in [2.05, 4.69) is 47.6 Å². The molecule has 1 aromatic rings. The molecule has 2 fully saturated rings. The fourth-order valence-corrected chi connectivity index (χ4v) is 2.79. The molecule has 0 aromatic carbocycles. The van der Waals surface area contributed by atoms with Gasteiger partial charge in [0.1, 0.15) is 5.82 Å². The van der Waals surface area contributed by atoms with Gasteiger partial charge >= 0.3 is 0 Å². The largest absolute Gasteiger partial charge is 0.313 e. The third kappa shape index (κ3) is 5.27. The summed E-state index contributed by atoms with van der Waals surface area (Å²) in [6, 6.07) is -0.512. The SMILES string of the molecule is C=NC(=NC1CC(F)(F)C1)NC(=NC)Nc1ncc(CC2CC2)c(NC=O)n1. The second-order valence-corrected chi connectivity index (χ2v) is 6.83. The number of aliphatic imine (C=N–C) groups is 3. The Morgan fingerprint density at radius 1 is 1.43 bits per heavy atom. The van der Waals surface area contributed by atoms with Crippen molar-refractivity contribution in [3.8, 4) is 0 Å². The van der Waals surface area contributed by atoms with Crippen molar-refractivity contribution in [2.24, 2.45) is 20.9 Å². The maximum atomic E-state index is 13.0. The van der Waals surface area contributed by atoms with Gasteiger partial charge in [-0.2, -0.15) is 4.98 Å². The Morgan fingerprint density at radius 2 is 2.18 bits per heavy atom. The summed E-state index contributed by atoms with van der Waals surface area (Å²) in [5.74, 6) is -1.13. The molecule has 1 amide bonds. The zero-order valence-corrected chi connectivity index (χ0v) is 15.5. The van der Waals surface area contributed by atoms with E-state index in [9.17, 15) is 13.6 Å². The van der Waals surface area contributed by atoms with Gasteiger partial charge in [-0.1, -0.05) is 0 Å². The summed E-state index contributed by atoms with van der Waals surface area (Å²) in [6.45, 7) is 3.39. The number of amides is 1. The van der Waals surface area contributed by atoms with Crippen LogP contribution >= 0.6 is 0 Å². The van der Waals surface area contributed by atoms with Crippen molar-refractivity contribution in [2.45, 2.75) is 44.1 Å². The second kappa shape index (κ2) is 8.36. The van der Waals surface area contributed by atoms with Crippen LogP contribution in [0, 0.1) is 5.92 Å². The number of hydrogen-bond acceptors (Lipinski definition) is 5. The number of anilines is 2. The van der Waals surface area contributed by atoms with Crippen molar-refractivity contribution in [3.63, 3.8) is 0 Å². The lowest BCUT2D eigenvalue weighted by molar-refractivity contribution is -0.105. The van der Waals surface area contributed by atoms with E-state index in [4.69, 9.17) is 0 Å². The minimum Gasteiger partial charge on any atom is -0.313 e. The molecule has 150 valence electrons. The van der Waals surface area contributed by atoms with E-state index in [1.165, 1.54) is 19.9 Å². The molecule has 1 aromatic heterocycles. The van der Waals surface area contributed by atoms with Crippen molar-refractivity contribution >= 4 is 36.8 Å². The van der Waals surface area contributed by atoms with Crippen LogP contribution in [0.2, 0.25) is 0 Å². The van der Waals surface area contributed by atoms with Crippen LogP contribution in [0.1, 0.15) is 31.2 Å². The van der Waals surface area contributed by atoms with Crippen molar-refractivity contribution < 1.29 is 13.6 Å². The number of hydrogen-bond donors (Lipinski definition) is 3. The minimum atomic E-state index is -2.67. The fraction of sp³-hybridized carbons (Fsp3) is 0.529. The van der Waals surface area contributed by atoms with E-state index < -0.39 is 12.0 Å². The minimum absolute atomic E-state index is 0.0743. The maximum Gasteiger partial charge on any atom is 0.252 e. The number of rotatable bonds is 6. The summed E-state index contributed by atoms with van der Waals surface area (Å²) in [5, 5.41) is 8.23. The molecule has 0 bridgehead atoms. The average Bonchev–Trinajstić information content (AvgIpc) is 3.45. The molecule has 2 aliphatic carbocycles. The van der Waals surface area contributed by atoms with Gasteiger partial charge in [0.15, 0.2) is 0 Å². The topological polar surface area (TPSA) is 116 Å². The number of aromatic nitrogens is 2. The highest BCUT2D eigenvalue weighted by Gasteiger charge is 2.45. The number of alkyl halides is 2. The Balaban J connectivity index is 1.66. The van der Waals surface area contributed by atoms with Crippen LogP contribution in [0.15, 0.2) is 21.2 Å². The predicted molar refractivity (Wildman–Crippen MR) is 103 cm³/mol. The molecule has 0 saturated heterocycles. The molecule has 0 radical (unpaired) electrons. The maximum absolute atomic E-state index is 13.0. The summed E-state index contributed by atoms with van der Waals surface area (Å²) in [7, 11) is 1.51. The summed E-state index contributed by atoms with van der Waals surface area (Å²) in [5.41, 5.74) is 0.865. The molecule has 2 aliphatic rings. The van der Waals surface area contributed by atoms with Gasteiger partial charge in [0, 0.05) is 31.6 Å². The number of halogens is 2. The van der Waals surface area contributed by atoms with Gasteiger partial charge in [0.05, 0.1) is 6.04 Å². The second-order valence-electron chi connectivity index (χ2n) is 6.83. The molecule has 11 heteroatoms. The van der Waals surface area contributed by atoms with E-state index in [0.717, 1.165) is 12.0 Å². The van der Waals surface area contributed by atoms with Gasteiger partial charge in [-0.3, -0.25) is 20.4 Å². The van der Waals surface area contributed by atoms with Crippen LogP contribution in [0.4, 0.5) is 20.5 Å². The van der Waals surface area contributed by atoms with Gasteiger partial charge in [-0.05, 0) is 31.9 Å². The number of guanidine groups is 2. The van der Waals surface area contributed by atoms with E-state index in [1.807, 2.05) is 0 Å². The number of nitrogens with zero attached hydrogens (tertiary/aromatic N) is 5. The molecular formula is C17H22F2N8O. The molecule has 0 spiro atoms. The van der Waals surface area contributed by atoms with Crippen LogP contribution in [-0.4, -0.2) is 54.0 Å². The van der Waals surface area contributed by atoms with Gasteiger partial charge in [-0.25, -0.2) is 23.7 Å². The Kier molecular flexibility index (Phi) is 5.90. The summed E-state index contributed by atoms with van der Waals surface area (Å²) < 4.78 is 25.9. The molecule has 1 heterocycles. The van der Waals surface area contributed by atoms with E-state index in [0.29, 0.717) is 18.1 Å². The summed E-state index contributed by atoms with van der Waals surface area (Å²) in [6.07, 6.45) is 4.74. The van der Waals surface area contributed by atoms with E-state index in [-0.39, 0.29) is 30.7 Å². The Hall–Kier alpha value is -2.98. The third-order valence-corrected chi connectivity index (χ3v) is 4.47. The zero-order chi connectivity index (χ0) is 20.1. The fourth-order valence-electron chi connectivity index (χ4n) is 2.79. The smallest absolute Gasteiger partial charge is 0.252 e. The Labute approximate surface area is 160 Å².